The van der Waals surface area contributed by atoms with Crippen LogP contribution in [0, 0.1) is 0 Å². The van der Waals surface area contributed by atoms with E-state index >= 15 is 0 Å². The second-order valence-corrected chi connectivity index (χ2v) is 3.77. The molecule has 0 saturated heterocycles. The van der Waals surface area contributed by atoms with E-state index in [-0.39, 0.29) is 23.8 Å². The van der Waals surface area contributed by atoms with Gasteiger partial charge in [-0.25, -0.2) is 4.79 Å². The van der Waals surface area contributed by atoms with Gasteiger partial charge in [-0.15, -0.1) is 0 Å². The monoisotopic (exact) mass is 266 g/mol. The number of hydrogen-bond acceptors (Lipinski definition) is 5. The van der Waals surface area contributed by atoms with Crippen molar-refractivity contribution in [2.45, 2.75) is 20.8 Å². The van der Waals surface area contributed by atoms with Gasteiger partial charge in [-0.05, 0) is 19.9 Å². The third-order valence-corrected chi connectivity index (χ3v) is 2.26. The molecule has 0 heterocycles. The largest absolute Gasteiger partial charge is 0.492 e. The van der Waals surface area contributed by atoms with Gasteiger partial charge in [0.1, 0.15) is 5.75 Å². The number of carbonyl (C=O) groups excluding carboxylic acids is 2. The van der Waals surface area contributed by atoms with Crippen molar-refractivity contribution in [2.24, 2.45) is 0 Å². The minimum absolute atomic E-state index is 0.203. The van der Waals surface area contributed by atoms with E-state index in [1.54, 1.807) is 6.92 Å². The van der Waals surface area contributed by atoms with Gasteiger partial charge in [-0.1, -0.05) is 0 Å². The van der Waals surface area contributed by atoms with Crippen molar-refractivity contribution in [2.75, 3.05) is 24.3 Å². The molecular formula is C13H18N2O4. The molecule has 0 aliphatic heterocycles. The summed E-state index contributed by atoms with van der Waals surface area (Å²) < 4.78 is 10.3. The van der Waals surface area contributed by atoms with Gasteiger partial charge in [0.25, 0.3) is 0 Å². The van der Waals surface area contributed by atoms with Crippen LogP contribution in [-0.2, 0) is 9.53 Å². The van der Waals surface area contributed by atoms with Crippen molar-refractivity contribution in [3.05, 3.63) is 17.7 Å². The summed E-state index contributed by atoms with van der Waals surface area (Å²) in [4.78, 5) is 22.9. The number of amides is 1. The Morgan fingerprint density at radius 2 is 1.95 bits per heavy atom. The molecule has 1 aromatic rings. The van der Waals surface area contributed by atoms with Crippen molar-refractivity contribution in [3.8, 4) is 5.75 Å². The summed E-state index contributed by atoms with van der Waals surface area (Å²) in [6.07, 6.45) is 0. The Morgan fingerprint density at radius 1 is 1.26 bits per heavy atom. The van der Waals surface area contributed by atoms with E-state index in [2.05, 4.69) is 5.32 Å². The average molecular weight is 266 g/mol. The maximum absolute atomic E-state index is 11.7. The highest BCUT2D eigenvalue weighted by atomic mass is 16.5. The fourth-order valence-corrected chi connectivity index (χ4v) is 1.54. The molecule has 6 nitrogen and oxygen atoms in total. The quantitative estimate of drug-likeness (QED) is 0.626. The molecule has 1 aromatic carbocycles. The molecule has 0 bridgehead atoms. The summed E-state index contributed by atoms with van der Waals surface area (Å²) in [5, 5.41) is 2.60. The summed E-state index contributed by atoms with van der Waals surface area (Å²) in [6, 6.07) is 2.96. The maximum atomic E-state index is 11.7. The van der Waals surface area contributed by atoms with E-state index in [0.717, 1.165) is 0 Å². The number of benzene rings is 1. The minimum Gasteiger partial charge on any atom is -0.492 e. The van der Waals surface area contributed by atoms with E-state index in [1.807, 2.05) is 6.92 Å². The summed E-state index contributed by atoms with van der Waals surface area (Å²) >= 11 is 0. The molecule has 0 aliphatic carbocycles. The lowest BCUT2D eigenvalue weighted by atomic mass is 10.1. The fraction of sp³-hybridized carbons (Fsp3) is 0.385. The maximum Gasteiger partial charge on any atom is 0.340 e. The summed E-state index contributed by atoms with van der Waals surface area (Å²) in [5.74, 6) is -0.376. The highest BCUT2D eigenvalue weighted by Gasteiger charge is 2.16. The van der Waals surface area contributed by atoms with Crippen LogP contribution < -0.4 is 15.8 Å². The SMILES string of the molecule is CCOC(=O)c1cc(NC(C)=O)c(OCC)cc1N. The Kier molecular flexibility index (Phi) is 5.17. The lowest BCUT2D eigenvalue weighted by Gasteiger charge is -2.14. The normalized spacial score (nSPS) is 9.84. The highest BCUT2D eigenvalue weighted by molar-refractivity contribution is 5.99. The van der Waals surface area contributed by atoms with Crippen molar-refractivity contribution in [1.82, 2.24) is 0 Å². The van der Waals surface area contributed by atoms with Crippen LogP contribution in [0.1, 0.15) is 31.1 Å². The van der Waals surface area contributed by atoms with Crippen molar-refractivity contribution < 1.29 is 19.1 Å². The van der Waals surface area contributed by atoms with Crippen LogP contribution in [-0.4, -0.2) is 25.1 Å². The number of nitrogen functional groups attached to an aromatic ring is 1. The van der Waals surface area contributed by atoms with Crippen LogP contribution in [0.4, 0.5) is 11.4 Å². The number of rotatable bonds is 5. The van der Waals surface area contributed by atoms with Crippen LogP contribution >= 0.6 is 0 Å². The smallest absolute Gasteiger partial charge is 0.340 e. The van der Waals surface area contributed by atoms with Crippen molar-refractivity contribution in [3.63, 3.8) is 0 Å². The zero-order valence-corrected chi connectivity index (χ0v) is 11.3. The molecule has 3 N–H and O–H groups in total. The second-order valence-electron chi connectivity index (χ2n) is 3.77. The zero-order chi connectivity index (χ0) is 14.4. The molecule has 0 radical (unpaired) electrons. The van der Waals surface area contributed by atoms with Crippen LogP contribution in [0.5, 0.6) is 5.75 Å². The molecule has 0 aromatic heterocycles. The first-order valence-electron chi connectivity index (χ1n) is 6.00. The molecule has 1 amide bonds. The van der Waals surface area contributed by atoms with Gasteiger partial charge in [0.15, 0.2) is 0 Å². The first-order chi connectivity index (χ1) is 8.99. The van der Waals surface area contributed by atoms with E-state index in [9.17, 15) is 9.59 Å². The second kappa shape index (κ2) is 6.63. The van der Waals surface area contributed by atoms with E-state index in [1.165, 1.54) is 19.1 Å². The Morgan fingerprint density at radius 3 is 2.47 bits per heavy atom. The topological polar surface area (TPSA) is 90.6 Å². The van der Waals surface area contributed by atoms with Crippen LogP contribution in [0.15, 0.2) is 12.1 Å². The zero-order valence-electron chi connectivity index (χ0n) is 11.3. The van der Waals surface area contributed by atoms with Crippen LogP contribution in [0.3, 0.4) is 0 Å². The minimum atomic E-state index is -0.533. The number of esters is 1. The number of nitrogens with two attached hydrogens (primary N) is 1. The van der Waals surface area contributed by atoms with Gasteiger partial charge in [0, 0.05) is 18.7 Å². The van der Waals surface area contributed by atoms with Crippen LogP contribution in [0.25, 0.3) is 0 Å². The van der Waals surface area contributed by atoms with Gasteiger partial charge in [0.2, 0.25) is 5.91 Å². The molecular weight excluding hydrogens is 248 g/mol. The summed E-state index contributed by atoms with van der Waals surface area (Å²) in [7, 11) is 0. The number of carbonyl (C=O) groups is 2. The molecule has 0 spiro atoms. The molecule has 0 atom stereocenters. The van der Waals surface area contributed by atoms with Gasteiger partial charge in [0.05, 0.1) is 24.5 Å². The molecule has 104 valence electrons. The Balaban J connectivity index is 3.20. The molecule has 1 rings (SSSR count). The number of hydrogen-bond donors (Lipinski definition) is 2. The van der Waals surface area contributed by atoms with Gasteiger partial charge in [-0.3, -0.25) is 4.79 Å². The van der Waals surface area contributed by atoms with E-state index in [4.69, 9.17) is 15.2 Å². The Labute approximate surface area is 111 Å². The average Bonchev–Trinajstić information content (AvgIpc) is 2.32. The predicted octanol–water partition coefficient (Wildman–Crippen LogP) is 1.80. The van der Waals surface area contributed by atoms with Crippen molar-refractivity contribution >= 4 is 23.3 Å². The molecule has 6 heteroatoms. The number of nitrogens with one attached hydrogen (secondary N) is 1. The van der Waals surface area contributed by atoms with Gasteiger partial charge >= 0.3 is 5.97 Å². The molecule has 0 fully saturated rings. The number of anilines is 2. The third-order valence-electron chi connectivity index (χ3n) is 2.26. The Hall–Kier alpha value is -2.24. The van der Waals surface area contributed by atoms with Gasteiger partial charge < -0.3 is 20.5 Å². The van der Waals surface area contributed by atoms with Gasteiger partial charge in [-0.2, -0.15) is 0 Å². The van der Waals surface area contributed by atoms with Crippen LogP contribution in [0.2, 0.25) is 0 Å². The highest BCUT2D eigenvalue weighted by Crippen LogP contribution is 2.30. The molecule has 0 aliphatic rings. The summed E-state index contributed by atoms with van der Waals surface area (Å²) in [6.45, 7) is 5.56. The lowest BCUT2D eigenvalue weighted by Crippen LogP contribution is -2.12. The third kappa shape index (κ3) is 3.87. The molecule has 0 unspecified atom stereocenters. The van der Waals surface area contributed by atoms with Crippen molar-refractivity contribution in [1.29, 1.82) is 0 Å². The Bertz CT molecular complexity index is 486. The lowest BCUT2D eigenvalue weighted by molar-refractivity contribution is -0.114. The predicted molar refractivity (Wildman–Crippen MR) is 72.3 cm³/mol. The summed E-state index contributed by atoms with van der Waals surface area (Å²) in [5.41, 5.74) is 6.63. The first kappa shape index (κ1) is 14.8. The number of ether oxygens (including phenoxy) is 2. The van der Waals surface area contributed by atoms with E-state index < -0.39 is 5.97 Å². The fourth-order valence-electron chi connectivity index (χ4n) is 1.54. The molecule has 0 saturated carbocycles. The first-order valence-corrected chi connectivity index (χ1v) is 6.00. The molecule has 19 heavy (non-hydrogen) atoms. The standard InChI is InChI=1S/C13H18N2O4/c1-4-18-12-7-10(14)9(13(17)19-5-2)6-11(12)15-8(3)16/h6-7H,4-5,14H2,1-3H3,(H,15,16). The van der Waals surface area contributed by atoms with E-state index in [0.29, 0.717) is 18.0 Å².